The molecule has 1 saturated heterocycles. The first-order valence-electron chi connectivity index (χ1n) is 8.64. The number of nitrogens with zero attached hydrogens (tertiary/aromatic N) is 2. The lowest BCUT2D eigenvalue weighted by Crippen LogP contribution is -2.57. The lowest BCUT2D eigenvalue weighted by molar-refractivity contribution is 0.00343. The molecular weight excluding hydrogens is 246 g/mol. The van der Waals surface area contributed by atoms with E-state index in [1.165, 1.54) is 57.9 Å². The van der Waals surface area contributed by atoms with E-state index < -0.39 is 0 Å². The Balaban J connectivity index is 1.72. The van der Waals surface area contributed by atoms with Crippen molar-refractivity contribution in [1.82, 2.24) is 10.2 Å². The van der Waals surface area contributed by atoms with Gasteiger partial charge in [-0.15, -0.1) is 0 Å². The van der Waals surface area contributed by atoms with Gasteiger partial charge in [0.15, 0.2) is 0 Å². The van der Waals surface area contributed by atoms with Gasteiger partial charge in [0.1, 0.15) is 5.54 Å². The highest BCUT2D eigenvalue weighted by molar-refractivity contribution is 5.11. The maximum absolute atomic E-state index is 9.56. The number of nitrogens with one attached hydrogen (secondary N) is 1. The fourth-order valence-electron chi connectivity index (χ4n) is 5.03. The van der Waals surface area contributed by atoms with Gasteiger partial charge in [-0.25, -0.2) is 0 Å². The quantitative estimate of drug-likeness (QED) is 0.842. The minimum absolute atomic E-state index is 0.259. The zero-order chi connectivity index (χ0) is 14.0. The molecule has 3 rings (SSSR count). The molecule has 0 spiro atoms. The molecule has 1 N–H and O–H groups in total. The van der Waals surface area contributed by atoms with Gasteiger partial charge in [0.2, 0.25) is 0 Å². The van der Waals surface area contributed by atoms with Gasteiger partial charge in [0, 0.05) is 12.1 Å². The summed E-state index contributed by atoms with van der Waals surface area (Å²) in [5, 5.41) is 12.9. The molecule has 2 saturated carbocycles. The number of rotatable bonds is 2. The van der Waals surface area contributed by atoms with E-state index in [1.54, 1.807) is 0 Å². The summed E-state index contributed by atoms with van der Waals surface area (Å²) in [6.45, 7) is 1.27. The summed E-state index contributed by atoms with van der Waals surface area (Å²) in [7, 11) is 1.96. The molecule has 20 heavy (non-hydrogen) atoms. The smallest absolute Gasteiger partial charge is 0.108 e. The van der Waals surface area contributed by atoms with Crippen LogP contribution in [0.4, 0.5) is 0 Å². The SMILES string of the molecule is CNC1(C#N)CCCC(N2CCC[C@H]3CCCC[C@H]32)C1. The Labute approximate surface area is 123 Å². The third-order valence-electron chi connectivity index (χ3n) is 6.17. The van der Waals surface area contributed by atoms with Crippen LogP contribution in [-0.2, 0) is 0 Å². The average Bonchev–Trinajstić information content (AvgIpc) is 2.54. The molecule has 0 aromatic carbocycles. The number of piperidine rings is 1. The summed E-state index contributed by atoms with van der Waals surface area (Å²) in [5.74, 6) is 0.950. The molecule has 4 atom stereocenters. The van der Waals surface area contributed by atoms with E-state index in [1.807, 2.05) is 7.05 Å². The van der Waals surface area contributed by atoms with Crippen LogP contribution >= 0.6 is 0 Å². The summed E-state index contributed by atoms with van der Waals surface area (Å²) < 4.78 is 0. The second kappa shape index (κ2) is 6.03. The Morgan fingerprint density at radius 2 is 1.90 bits per heavy atom. The van der Waals surface area contributed by atoms with E-state index in [0.29, 0.717) is 6.04 Å². The van der Waals surface area contributed by atoms with Gasteiger partial charge in [-0.3, -0.25) is 4.90 Å². The monoisotopic (exact) mass is 275 g/mol. The highest BCUT2D eigenvalue weighted by Gasteiger charge is 2.42. The predicted molar refractivity (Wildman–Crippen MR) is 81.3 cm³/mol. The molecule has 3 nitrogen and oxygen atoms in total. The lowest BCUT2D eigenvalue weighted by Gasteiger charge is -2.50. The largest absolute Gasteiger partial charge is 0.302 e. The van der Waals surface area contributed by atoms with Crippen molar-refractivity contribution in [3.05, 3.63) is 0 Å². The summed E-state index contributed by atoms with van der Waals surface area (Å²) in [6.07, 6.45) is 13.1. The maximum Gasteiger partial charge on any atom is 0.108 e. The van der Waals surface area contributed by atoms with Crippen LogP contribution in [0, 0.1) is 17.2 Å². The average molecular weight is 275 g/mol. The third-order valence-corrected chi connectivity index (χ3v) is 6.17. The zero-order valence-corrected chi connectivity index (χ0v) is 12.9. The van der Waals surface area contributed by atoms with Crippen LogP contribution in [0.1, 0.15) is 64.2 Å². The van der Waals surface area contributed by atoms with Crippen LogP contribution in [0.2, 0.25) is 0 Å². The van der Waals surface area contributed by atoms with E-state index >= 15 is 0 Å². The van der Waals surface area contributed by atoms with Crippen LogP contribution in [0.25, 0.3) is 0 Å². The Bertz CT molecular complexity index is 373. The topological polar surface area (TPSA) is 39.1 Å². The molecule has 2 aliphatic carbocycles. The van der Waals surface area contributed by atoms with Crippen molar-refractivity contribution in [2.75, 3.05) is 13.6 Å². The Hall–Kier alpha value is -0.590. The molecule has 1 heterocycles. The number of likely N-dealkylation sites (tertiary alicyclic amines) is 1. The molecule has 0 radical (unpaired) electrons. The van der Waals surface area contributed by atoms with Gasteiger partial charge in [-0.2, -0.15) is 5.26 Å². The molecule has 2 unspecified atom stereocenters. The highest BCUT2D eigenvalue weighted by Crippen LogP contribution is 2.40. The molecule has 0 bridgehead atoms. The Morgan fingerprint density at radius 3 is 2.70 bits per heavy atom. The molecule has 1 aliphatic heterocycles. The third kappa shape index (κ3) is 2.61. The normalized spacial score (nSPS) is 42.7. The first-order valence-corrected chi connectivity index (χ1v) is 8.64. The minimum Gasteiger partial charge on any atom is -0.302 e. The van der Waals surface area contributed by atoms with Crippen LogP contribution in [-0.4, -0.2) is 36.1 Å². The molecular formula is C17H29N3. The lowest BCUT2D eigenvalue weighted by atomic mass is 9.74. The van der Waals surface area contributed by atoms with Crippen molar-refractivity contribution in [2.24, 2.45) is 5.92 Å². The molecule has 0 aromatic heterocycles. The highest BCUT2D eigenvalue weighted by atomic mass is 15.2. The molecule has 0 aromatic rings. The Kier molecular flexibility index (Phi) is 4.33. The van der Waals surface area contributed by atoms with E-state index in [9.17, 15) is 5.26 Å². The summed E-state index contributed by atoms with van der Waals surface area (Å²) in [5.41, 5.74) is -0.259. The van der Waals surface area contributed by atoms with Gasteiger partial charge in [-0.1, -0.05) is 12.8 Å². The number of hydrogen-bond donors (Lipinski definition) is 1. The first kappa shape index (κ1) is 14.4. The van der Waals surface area contributed by atoms with Crippen molar-refractivity contribution in [3.63, 3.8) is 0 Å². The van der Waals surface area contributed by atoms with Gasteiger partial charge >= 0.3 is 0 Å². The molecule has 3 heteroatoms. The molecule has 3 fully saturated rings. The second-order valence-corrected chi connectivity index (χ2v) is 7.19. The first-order chi connectivity index (χ1) is 9.78. The van der Waals surface area contributed by atoms with E-state index in [4.69, 9.17) is 0 Å². The van der Waals surface area contributed by atoms with Gasteiger partial charge in [0.25, 0.3) is 0 Å². The van der Waals surface area contributed by atoms with E-state index in [-0.39, 0.29) is 5.54 Å². The van der Waals surface area contributed by atoms with E-state index in [2.05, 4.69) is 16.3 Å². The van der Waals surface area contributed by atoms with Crippen LogP contribution in [0.5, 0.6) is 0 Å². The van der Waals surface area contributed by atoms with Gasteiger partial charge in [-0.05, 0) is 70.9 Å². The van der Waals surface area contributed by atoms with Crippen molar-refractivity contribution < 1.29 is 0 Å². The van der Waals surface area contributed by atoms with Crippen molar-refractivity contribution in [2.45, 2.75) is 81.8 Å². The minimum atomic E-state index is -0.259. The zero-order valence-electron chi connectivity index (χ0n) is 12.9. The molecule has 3 aliphatic rings. The number of nitriles is 1. The standard InChI is InChI=1S/C17H29N3/c1-19-17(13-18)10-4-8-15(12-17)20-11-5-7-14-6-2-3-9-16(14)20/h14-16,19H,2-12H2,1H3/t14-,15?,16-,17?/m1/s1. The van der Waals surface area contributed by atoms with Gasteiger partial charge in [0.05, 0.1) is 6.07 Å². The maximum atomic E-state index is 9.56. The van der Waals surface area contributed by atoms with Gasteiger partial charge < -0.3 is 5.32 Å². The van der Waals surface area contributed by atoms with Crippen molar-refractivity contribution in [3.8, 4) is 6.07 Å². The van der Waals surface area contributed by atoms with Crippen LogP contribution in [0.15, 0.2) is 0 Å². The Morgan fingerprint density at radius 1 is 1.10 bits per heavy atom. The number of hydrogen-bond acceptors (Lipinski definition) is 3. The number of fused-ring (bicyclic) bond motifs is 1. The summed E-state index contributed by atoms with van der Waals surface area (Å²) >= 11 is 0. The van der Waals surface area contributed by atoms with Crippen LogP contribution < -0.4 is 5.32 Å². The summed E-state index contributed by atoms with van der Waals surface area (Å²) in [4.78, 5) is 2.82. The molecule has 112 valence electrons. The fraction of sp³-hybridized carbons (Fsp3) is 0.941. The second-order valence-electron chi connectivity index (χ2n) is 7.19. The molecule has 0 amide bonds. The van der Waals surface area contributed by atoms with E-state index in [0.717, 1.165) is 24.8 Å². The fourth-order valence-corrected chi connectivity index (χ4v) is 5.03. The summed E-state index contributed by atoms with van der Waals surface area (Å²) in [6, 6.07) is 4.04. The van der Waals surface area contributed by atoms with Crippen molar-refractivity contribution in [1.29, 1.82) is 5.26 Å². The predicted octanol–water partition coefficient (Wildman–Crippen LogP) is 3.07. The van der Waals surface area contributed by atoms with Crippen molar-refractivity contribution >= 4 is 0 Å². The van der Waals surface area contributed by atoms with Crippen LogP contribution in [0.3, 0.4) is 0 Å².